The van der Waals surface area contributed by atoms with Gasteiger partial charge in [-0.05, 0) is 26.2 Å². The quantitative estimate of drug-likeness (QED) is 0.517. The van der Waals surface area contributed by atoms with Crippen molar-refractivity contribution in [1.29, 1.82) is 0 Å². The highest BCUT2D eigenvalue weighted by atomic mass is 16.4. The van der Waals surface area contributed by atoms with Crippen molar-refractivity contribution in [2.24, 2.45) is 0 Å². The molecule has 1 fully saturated rings. The molecule has 1 aliphatic carbocycles. The van der Waals surface area contributed by atoms with Crippen LogP contribution in [-0.4, -0.2) is 40.4 Å². The molecule has 6 heteroatoms. The highest BCUT2D eigenvalue weighted by Crippen LogP contribution is 2.17. The Morgan fingerprint density at radius 3 is 2.33 bits per heavy atom. The van der Waals surface area contributed by atoms with Gasteiger partial charge in [0, 0.05) is 6.04 Å². The molecule has 1 aliphatic rings. The van der Waals surface area contributed by atoms with Crippen LogP contribution in [0.3, 0.4) is 0 Å². The van der Waals surface area contributed by atoms with Crippen LogP contribution < -0.4 is 10.6 Å². The number of hydrogen-bond donors (Lipinski definition) is 4. The number of hydrogen-bond acceptors (Lipinski definition) is 3. The van der Waals surface area contributed by atoms with Gasteiger partial charge in [-0.1, -0.05) is 0 Å². The molecule has 0 spiro atoms. The van der Waals surface area contributed by atoms with Gasteiger partial charge in [-0.15, -0.1) is 0 Å². The zero-order valence-electron chi connectivity index (χ0n) is 8.56. The minimum Gasteiger partial charge on any atom is -0.480 e. The summed E-state index contributed by atoms with van der Waals surface area (Å²) in [6, 6.07) is -1.65. The van der Waals surface area contributed by atoms with E-state index in [1.165, 1.54) is 6.92 Å². The molecule has 15 heavy (non-hydrogen) atoms. The molecule has 0 saturated heterocycles. The summed E-state index contributed by atoms with van der Waals surface area (Å²) in [4.78, 5) is 21.9. The lowest BCUT2D eigenvalue weighted by Crippen LogP contribution is -2.54. The lowest BCUT2D eigenvalue weighted by molar-refractivity contribution is -0.141. The van der Waals surface area contributed by atoms with E-state index in [-0.39, 0.29) is 6.04 Å². The number of rotatable bonds is 4. The van der Waals surface area contributed by atoms with E-state index >= 15 is 0 Å². The van der Waals surface area contributed by atoms with E-state index in [9.17, 15) is 9.59 Å². The second-order valence-corrected chi connectivity index (χ2v) is 3.80. The fourth-order valence-corrected chi connectivity index (χ4v) is 1.31. The molecule has 0 aromatic heterocycles. The van der Waals surface area contributed by atoms with Gasteiger partial charge in [-0.25, -0.2) is 9.59 Å². The zero-order valence-corrected chi connectivity index (χ0v) is 8.56. The highest BCUT2D eigenvalue weighted by molar-refractivity contribution is 5.83. The topological polar surface area (TPSA) is 98.7 Å². The Hall–Kier alpha value is -1.30. The van der Waals surface area contributed by atoms with Crippen LogP contribution in [0, 0.1) is 0 Å². The van der Waals surface area contributed by atoms with Crippen molar-refractivity contribution in [2.45, 2.75) is 44.4 Å². The summed E-state index contributed by atoms with van der Waals surface area (Å²) < 4.78 is 0. The van der Waals surface area contributed by atoms with Gasteiger partial charge in [0.25, 0.3) is 0 Å². The average molecular weight is 216 g/mol. The van der Waals surface area contributed by atoms with Crippen LogP contribution in [0.5, 0.6) is 0 Å². The summed E-state index contributed by atoms with van der Waals surface area (Å²) in [6.07, 6.45) is 1.83. The predicted molar refractivity (Wildman–Crippen MR) is 52.4 cm³/mol. The van der Waals surface area contributed by atoms with Crippen molar-refractivity contribution < 1.29 is 19.8 Å². The van der Waals surface area contributed by atoms with Gasteiger partial charge in [0.2, 0.25) is 0 Å². The van der Waals surface area contributed by atoms with Gasteiger partial charge in [0.15, 0.2) is 6.04 Å². The first-order chi connectivity index (χ1) is 7.00. The minimum atomic E-state index is -1.26. The van der Waals surface area contributed by atoms with E-state index in [1.54, 1.807) is 0 Å². The number of aliphatic hydroxyl groups excluding tert-OH is 1. The third-order valence-corrected chi connectivity index (χ3v) is 2.48. The lowest BCUT2D eigenvalue weighted by Gasteiger charge is -2.27. The molecular weight excluding hydrogens is 200 g/mol. The number of nitrogens with one attached hydrogen (secondary N) is 2. The smallest absolute Gasteiger partial charge is 0.328 e. The first-order valence-corrected chi connectivity index (χ1v) is 4.98. The predicted octanol–water partition coefficient (Wildman–Crippen LogP) is -0.328. The van der Waals surface area contributed by atoms with Crippen molar-refractivity contribution in [3.63, 3.8) is 0 Å². The first-order valence-electron chi connectivity index (χ1n) is 4.98. The molecule has 2 atom stereocenters. The van der Waals surface area contributed by atoms with Crippen LogP contribution in [-0.2, 0) is 4.79 Å². The van der Waals surface area contributed by atoms with Crippen molar-refractivity contribution >= 4 is 12.0 Å². The SMILES string of the molecule is CC(O)C(NC(=O)NC1CCC1)C(=O)O. The molecule has 0 aromatic rings. The van der Waals surface area contributed by atoms with Crippen molar-refractivity contribution in [3.05, 3.63) is 0 Å². The molecule has 1 rings (SSSR count). The second-order valence-electron chi connectivity index (χ2n) is 3.80. The first kappa shape index (κ1) is 11.8. The molecule has 6 nitrogen and oxygen atoms in total. The van der Waals surface area contributed by atoms with Gasteiger partial charge in [-0.3, -0.25) is 0 Å². The fourth-order valence-electron chi connectivity index (χ4n) is 1.31. The normalized spacial score (nSPS) is 19.9. The average Bonchev–Trinajstić information content (AvgIpc) is 2.06. The molecule has 2 unspecified atom stereocenters. The molecule has 0 heterocycles. The maximum Gasteiger partial charge on any atom is 0.328 e. The number of carbonyl (C=O) groups excluding carboxylic acids is 1. The van der Waals surface area contributed by atoms with E-state index in [4.69, 9.17) is 10.2 Å². The standard InChI is InChI=1S/C9H16N2O4/c1-5(12)7(8(13)14)11-9(15)10-6-3-2-4-6/h5-7,12H,2-4H2,1H3,(H,13,14)(H2,10,11,15). The summed E-state index contributed by atoms with van der Waals surface area (Å²) in [5.41, 5.74) is 0. The van der Waals surface area contributed by atoms with E-state index < -0.39 is 24.1 Å². The summed E-state index contributed by atoms with van der Waals surface area (Å²) in [5, 5.41) is 22.7. The Bertz CT molecular complexity index is 250. The number of carbonyl (C=O) groups is 2. The summed E-state index contributed by atoms with van der Waals surface area (Å²) in [5.74, 6) is -1.24. The molecular formula is C9H16N2O4. The molecule has 0 bridgehead atoms. The number of urea groups is 1. The van der Waals surface area contributed by atoms with Crippen molar-refractivity contribution in [1.82, 2.24) is 10.6 Å². The van der Waals surface area contributed by atoms with Crippen LogP contribution in [0.2, 0.25) is 0 Å². The number of aliphatic hydroxyl groups is 1. The molecule has 1 saturated carbocycles. The third kappa shape index (κ3) is 3.39. The molecule has 0 radical (unpaired) electrons. The molecule has 2 amide bonds. The van der Waals surface area contributed by atoms with Crippen LogP contribution in [0.1, 0.15) is 26.2 Å². The molecule has 86 valence electrons. The van der Waals surface area contributed by atoms with E-state index in [2.05, 4.69) is 10.6 Å². The number of aliphatic carboxylic acids is 1. The molecule has 0 aromatic carbocycles. The second kappa shape index (κ2) is 4.97. The number of carboxylic acid groups (broad SMARTS) is 1. The van der Waals surface area contributed by atoms with Crippen molar-refractivity contribution in [3.8, 4) is 0 Å². The van der Waals surface area contributed by atoms with Gasteiger partial charge >= 0.3 is 12.0 Å². The number of amides is 2. The Morgan fingerprint density at radius 2 is 2.00 bits per heavy atom. The molecule has 0 aliphatic heterocycles. The van der Waals surface area contributed by atoms with Gasteiger partial charge in [0.1, 0.15) is 0 Å². The Balaban J connectivity index is 2.36. The third-order valence-electron chi connectivity index (χ3n) is 2.48. The fraction of sp³-hybridized carbons (Fsp3) is 0.778. The maximum absolute atomic E-state index is 11.3. The maximum atomic E-state index is 11.3. The van der Waals surface area contributed by atoms with E-state index in [0.717, 1.165) is 19.3 Å². The van der Waals surface area contributed by atoms with Gasteiger partial charge in [-0.2, -0.15) is 0 Å². The van der Waals surface area contributed by atoms with E-state index in [0.29, 0.717) is 0 Å². The van der Waals surface area contributed by atoms with Crippen LogP contribution in [0.15, 0.2) is 0 Å². The van der Waals surface area contributed by atoms with Crippen LogP contribution >= 0.6 is 0 Å². The highest BCUT2D eigenvalue weighted by Gasteiger charge is 2.26. The monoisotopic (exact) mass is 216 g/mol. The Labute approximate surface area is 87.7 Å². The summed E-state index contributed by atoms with van der Waals surface area (Å²) >= 11 is 0. The minimum absolute atomic E-state index is 0.147. The van der Waals surface area contributed by atoms with Gasteiger partial charge in [0.05, 0.1) is 6.10 Å². The Morgan fingerprint density at radius 1 is 1.40 bits per heavy atom. The van der Waals surface area contributed by atoms with Crippen molar-refractivity contribution in [2.75, 3.05) is 0 Å². The Kier molecular flexibility index (Phi) is 3.90. The number of carboxylic acids is 1. The largest absolute Gasteiger partial charge is 0.480 e. The van der Waals surface area contributed by atoms with Crippen LogP contribution in [0.25, 0.3) is 0 Å². The molecule has 4 N–H and O–H groups in total. The van der Waals surface area contributed by atoms with E-state index in [1.807, 2.05) is 0 Å². The van der Waals surface area contributed by atoms with Gasteiger partial charge < -0.3 is 20.8 Å². The van der Waals surface area contributed by atoms with Crippen LogP contribution in [0.4, 0.5) is 4.79 Å². The lowest BCUT2D eigenvalue weighted by atomic mass is 9.93. The summed E-state index contributed by atoms with van der Waals surface area (Å²) in [6.45, 7) is 1.32. The summed E-state index contributed by atoms with van der Waals surface area (Å²) in [7, 11) is 0. The zero-order chi connectivity index (χ0) is 11.4.